The summed E-state index contributed by atoms with van der Waals surface area (Å²) in [6.45, 7) is 2.49. The van der Waals surface area contributed by atoms with E-state index in [4.69, 9.17) is 16.3 Å². The molecule has 5 nitrogen and oxygen atoms in total. The van der Waals surface area contributed by atoms with Crippen LogP contribution in [0.4, 0.5) is 10.1 Å². The van der Waals surface area contributed by atoms with Gasteiger partial charge in [0.2, 0.25) is 5.91 Å². The molecule has 0 unspecified atom stereocenters. The lowest BCUT2D eigenvalue weighted by molar-refractivity contribution is -0.114. The molecule has 0 bridgehead atoms. The highest BCUT2D eigenvalue weighted by Crippen LogP contribution is 2.30. The van der Waals surface area contributed by atoms with Gasteiger partial charge in [0.05, 0.1) is 25.1 Å². The van der Waals surface area contributed by atoms with Gasteiger partial charge in [0.25, 0.3) is 0 Å². The van der Waals surface area contributed by atoms with Gasteiger partial charge in [-0.1, -0.05) is 30.2 Å². The molecule has 142 valence electrons. The molecule has 0 spiro atoms. The summed E-state index contributed by atoms with van der Waals surface area (Å²) in [7, 11) is 0.500. The first-order valence-corrected chi connectivity index (χ1v) is 8.68. The van der Waals surface area contributed by atoms with Gasteiger partial charge < -0.3 is 10.1 Å². The van der Waals surface area contributed by atoms with Crippen molar-refractivity contribution < 1.29 is 13.9 Å². The monoisotopic (exact) mass is 377 g/mol. The first-order valence-electron chi connectivity index (χ1n) is 8.68. The Morgan fingerprint density at radius 2 is 2.04 bits per heavy atom. The second-order valence-electron chi connectivity index (χ2n) is 6.16. The van der Waals surface area contributed by atoms with Crippen LogP contribution in [-0.2, 0) is 17.9 Å². The number of ether oxygens (including phenoxy) is 1. The van der Waals surface area contributed by atoms with Crippen molar-refractivity contribution >= 4 is 11.6 Å². The van der Waals surface area contributed by atoms with Gasteiger partial charge in [0.15, 0.2) is 0 Å². The molecule has 1 aliphatic rings. The number of hydrogen-bond acceptors (Lipinski definition) is 3. The van der Waals surface area contributed by atoms with E-state index in [0.29, 0.717) is 20.3 Å². The molecule has 0 fully saturated rings. The van der Waals surface area contributed by atoms with Crippen molar-refractivity contribution in [3.63, 3.8) is 0 Å². The predicted molar refractivity (Wildman–Crippen MR) is 107 cm³/mol. The number of terminal acetylenes is 1. The van der Waals surface area contributed by atoms with E-state index in [1.54, 1.807) is 0 Å². The zero-order valence-electron chi connectivity index (χ0n) is 15.7. The lowest BCUT2D eigenvalue weighted by Crippen LogP contribution is -2.06. The predicted octanol–water partition coefficient (Wildman–Crippen LogP) is 4.02. The Labute approximate surface area is 163 Å². The van der Waals surface area contributed by atoms with Gasteiger partial charge in [0, 0.05) is 35.4 Å². The molecule has 2 aromatic carbocycles. The van der Waals surface area contributed by atoms with Gasteiger partial charge in [0.1, 0.15) is 12.4 Å². The highest BCUT2D eigenvalue weighted by atomic mass is 19.1. The van der Waals surface area contributed by atoms with E-state index in [1.807, 2.05) is 53.2 Å². The highest BCUT2D eigenvalue weighted by Gasteiger charge is 2.18. The van der Waals surface area contributed by atoms with Crippen LogP contribution in [0, 0.1) is 12.3 Å². The smallest absolute Gasteiger partial charge is 0.221 e. The zero-order chi connectivity index (χ0) is 20.1. The summed E-state index contributed by atoms with van der Waals surface area (Å²) in [4.78, 5) is 11.2. The summed E-state index contributed by atoms with van der Waals surface area (Å²) >= 11 is 0. The van der Waals surface area contributed by atoms with Gasteiger partial charge >= 0.3 is 0 Å². The number of carbonyl (C=O) groups excluding carboxylic acids is 1. The normalized spacial score (nSPS) is 11.5. The standard InChI is InChI=1S/C21H17N3O2.CH3F/c1-3-15-6-4-5-7-19(15)20-11-18-13-26-21-10-17(22-14(2)25)9-8-16(21)12-24(18)23-20;1-2/h1,4-11H,12-13H2,2H3,(H,22,25);1H3. The van der Waals surface area contributed by atoms with E-state index in [0.717, 1.165) is 39.5 Å². The van der Waals surface area contributed by atoms with E-state index in [9.17, 15) is 9.18 Å². The summed E-state index contributed by atoms with van der Waals surface area (Å²) in [5.74, 6) is 3.36. The number of rotatable bonds is 2. The minimum absolute atomic E-state index is 0.108. The van der Waals surface area contributed by atoms with Crippen LogP contribution in [0.2, 0.25) is 0 Å². The fourth-order valence-corrected chi connectivity index (χ4v) is 3.09. The molecule has 3 aromatic rings. The average molecular weight is 377 g/mol. The molecular formula is C22H20FN3O2. The molecule has 0 saturated carbocycles. The molecule has 0 aliphatic carbocycles. The summed E-state index contributed by atoms with van der Waals surface area (Å²) in [6, 6.07) is 15.4. The number of nitrogens with zero attached hydrogens (tertiary/aromatic N) is 2. The Balaban J connectivity index is 0.00000109. The Kier molecular flexibility index (Phi) is 5.75. The molecule has 1 aromatic heterocycles. The first kappa shape index (κ1) is 19.2. The first-order chi connectivity index (χ1) is 13.6. The summed E-state index contributed by atoms with van der Waals surface area (Å²) in [5, 5.41) is 7.50. The number of halogens is 1. The molecule has 1 amide bonds. The second-order valence-corrected chi connectivity index (χ2v) is 6.16. The third kappa shape index (κ3) is 3.89. The van der Waals surface area contributed by atoms with Crippen LogP contribution >= 0.6 is 0 Å². The third-order valence-electron chi connectivity index (χ3n) is 4.31. The van der Waals surface area contributed by atoms with Crippen LogP contribution in [0.5, 0.6) is 5.75 Å². The minimum Gasteiger partial charge on any atom is -0.487 e. The quantitative estimate of drug-likeness (QED) is 0.687. The molecular weight excluding hydrogens is 357 g/mol. The Morgan fingerprint density at radius 3 is 2.79 bits per heavy atom. The zero-order valence-corrected chi connectivity index (χ0v) is 15.7. The van der Waals surface area contributed by atoms with Crippen molar-refractivity contribution in [3.8, 4) is 29.4 Å². The summed E-state index contributed by atoms with van der Waals surface area (Å²) in [5.41, 5.74) is 5.32. The number of amides is 1. The van der Waals surface area contributed by atoms with Crippen LogP contribution in [0.15, 0.2) is 48.5 Å². The molecule has 0 atom stereocenters. The maximum absolute atomic E-state index is 11.2. The van der Waals surface area contributed by atoms with Crippen LogP contribution in [0.25, 0.3) is 11.3 Å². The van der Waals surface area contributed by atoms with Crippen molar-refractivity contribution in [1.82, 2.24) is 9.78 Å². The number of alkyl halides is 1. The molecule has 28 heavy (non-hydrogen) atoms. The largest absolute Gasteiger partial charge is 0.487 e. The van der Waals surface area contributed by atoms with E-state index in [1.165, 1.54) is 6.92 Å². The van der Waals surface area contributed by atoms with Crippen molar-refractivity contribution in [3.05, 3.63) is 65.4 Å². The maximum Gasteiger partial charge on any atom is 0.221 e. The summed E-state index contributed by atoms with van der Waals surface area (Å²) in [6.07, 6.45) is 5.61. The van der Waals surface area contributed by atoms with E-state index < -0.39 is 0 Å². The van der Waals surface area contributed by atoms with Gasteiger partial charge in [-0.25, -0.2) is 0 Å². The maximum atomic E-state index is 11.2. The molecule has 2 heterocycles. The minimum atomic E-state index is -0.108. The number of aromatic nitrogens is 2. The number of benzene rings is 2. The van der Waals surface area contributed by atoms with E-state index in [-0.39, 0.29) is 5.91 Å². The van der Waals surface area contributed by atoms with Crippen LogP contribution in [-0.4, -0.2) is 22.9 Å². The summed E-state index contributed by atoms with van der Waals surface area (Å²) < 4.78 is 17.4. The fraction of sp³-hybridized carbons (Fsp3) is 0.182. The van der Waals surface area contributed by atoms with Gasteiger partial charge in [-0.2, -0.15) is 5.10 Å². The van der Waals surface area contributed by atoms with Gasteiger partial charge in [-0.05, 0) is 18.2 Å². The second kappa shape index (κ2) is 8.40. The third-order valence-corrected chi connectivity index (χ3v) is 4.31. The van der Waals surface area contributed by atoms with E-state index in [2.05, 4.69) is 11.2 Å². The molecule has 0 saturated heterocycles. The Hall–Kier alpha value is -3.59. The van der Waals surface area contributed by atoms with Crippen molar-refractivity contribution in [2.75, 3.05) is 12.5 Å². The van der Waals surface area contributed by atoms with Gasteiger partial charge in [-0.15, -0.1) is 6.42 Å². The Bertz CT molecular complexity index is 1050. The molecule has 1 N–H and O–H groups in total. The number of carbonyl (C=O) groups is 1. The van der Waals surface area contributed by atoms with Crippen molar-refractivity contribution in [2.24, 2.45) is 0 Å². The average Bonchev–Trinajstić information content (AvgIpc) is 3.03. The molecule has 6 heteroatoms. The number of fused-ring (bicyclic) bond motifs is 2. The number of nitrogens with one attached hydrogen (secondary N) is 1. The SMILES string of the molecule is C#Cc1ccccc1-c1cc2n(n1)Cc1ccc(NC(C)=O)cc1OC2.CF. The lowest BCUT2D eigenvalue weighted by Gasteiger charge is -2.09. The lowest BCUT2D eigenvalue weighted by atomic mass is 10.1. The van der Waals surface area contributed by atoms with Crippen LogP contribution in [0.3, 0.4) is 0 Å². The molecule has 1 aliphatic heterocycles. The molecule has 4 rings (SSSR count). The van der Waals surface area contributed by atoms with Crippen LogP contribution < -0.4 is 10.1 Å². The van der Waals surface area contributed by atoms with E-state index >= 15 is 0 Å². The van der Waals surface area contributed by atoms with Crippen molar-refractivity contribution in [2.45, 2.75) is 20.1 Å². The fourth-order valence-electron chi connectivity index (χ4n) is 3.09. The number of anilines is 1. The van der Waals surface area contributed by atoms with Crippen LogP contribution in [0.1, 0.15) is 23.7 Å². The number of hydrogen-bond donors (Lipinski definition) is 1. The van der Waals surface area contributed by atoms with Crippen molar-refractivity contribution in [1.29, 1.82) is 0 Å². The molecule has 0 radical (unpaired) electrons. The Morgan fingerprint density at radius 1 is 1.25 bits per heavy atom. The topological polar surface area (TPSA) is 56.2 Å². The highest BCUT2D eigenvalue weighted by molar-refractivity contribution is 5.88. The van der Waals surface area contributed by atoms with Gasteiger partial charge in [-0.3, -0.25) is 13.9 Å².